The van der Waals surface area contributed by atoms with Crippen molar-refractivity contribution in [2.75, 3.05) is 7.11 Å². The highest BCUT2D eigenvalue weighted by atomic mass is 35.5. The Morgan fingerprint density at radius 1 is 1.00 bits per heavy atom. The van der Waals surface area contributed by atoms with Gasteiger partial charge in [0, 0.05) is 22.6 Å². The summed E-state index contributed by atoms with van der Waals surface area (Å²) in [6.07, 6.45) is 0.365. The molecular formula is C23H18Cl2N2O2. The number of benzene rings is 3. The number of hydrogen-bond acceptors (Lipinski definition) is 4. The molecule has 0 aliphatic carbocycles. The second-order valence-electron chi connectivity index (χ2n) is 7.05. The molecule has 146 valence electrons. The SMILES string of the molecule is COc1ccc(C2=NN3C(C2)c2ccccc2OC3c2ccc(Cl)cc2Cl)cc1. The first kappa shape index (κ1) is 18.3. The van der Waals surface area contributed by atoms with Gasteiger partial charge in [0.15, 0.2) is 0 Å². The van der Waals surface area contributed by atoms with Crippen LogP contribution in [0.2, 0.25) is 10.0 Å². The fourth-order valence-electron chi connectivity index (χ4n) is 3.90. The van der Waals surface area contributed by atoms with Crippen molar-refractivity contribution in [3.8, 4) is 11.5 Å². The van der Waals surface area contributed by atoms with Gasteiger partial charge in [-0.25, -0.2) is 5.01 Å². The topological polar surface area (TPSA) is 34.1 Å². The Labute approximate surface area is 179 Å². The van der Waals surface area contributed by atoms with Crippen molar-refractivity contribution >= 4 is 28.9 Å². The lowest BCUT2D eigenvalue weighted by molar-refractivity contribution is -0.0189. The second-order valence-corrected chi connectivity index (χ2v) is 7.89. The third-order valence-corrected chi connectivity index (χ3v) is 5.91. The fraction of sp³-hybridized carbons (Fsp3) is 0.174. The van der Waals surface area contributed by atoms with Crippen LogP contribution in [0, 0.1) is 0 Å². The van der Waals surface area contributed by atoms with E-state index in [2.05, 4.69) is 6.07 Å². The molecule has 0 fully saturated rings. The molecule has 0 amide bonds. The summed E-state index contributed by atoms with van der Waals surface area (Å²) in [4.78, 5) is 0. The van der Waals surface area contributed by atoms with Crippen LogP contribution in [0.25, 0.3) is 0 Å². The second kappa shape index (κ2) is 7.29. The number of fused-ring (bicyclic) bond motifs is 3. The molecule has 29 heavy (non-hydrogen) atoms. The minimum absolute atomic E-state index is 0.0776. The highest BCUT2D eigenvalue weighted by Crippen LogP contribution is 2.48. The number of hydrogen-bond donors (Lipinski definition) is 0. The predicted octanol–water partition coefficient (Wildman–Crippen LogP) is 6.24. The summed E-state index contributed by atoms with van der Waals surface area (Å²) in [6, 6.07) is 21.6. The van der Waals surface area contributed by atoms with E-state index in [0.29, 0.717) is 10.0 Å². The summed E-state index contributed by atoms with van der Waals surface area (Å²) < 4.78 is 11.6. The van der Waals surface area contributed by atoms with Crippen molar-refractivity contribution in [3.63, 3.8) is 0 Å². The van der Waals surface area contributed by atoms with Crippen LogP contribution in [-0.2, 0) is 0 Å². The van der Waals surface area contributed by atoms with Gasteiger partial charge in [0.2, 0.25) is 6.23 Å². The van der Waals surface area contributed by atoms with Crippen molar-refractivity contribution < 1.29 is 9.47 Å². The van der Waals surface area contributed by atoms with Gasteiger partial charge in [-0.1, -0.05) is 47.5 Å². The Morgan fingerprint density at radius 2 is 1.79 bits per heavy atom. The van der Waals surface area contributed by atoms with E-state index in [-0.39, 0.29) is 6.04 Å². The maximum Gasteiger partial charge on any atom is 0.215 e. The summed E-state index contributed by atoms with van der Waals surface area (Å²) in [5, 5.41) is 8.12. The van der Waals surface area contributed by atoms with Gasteiger partial charge in [-0.3, -0.25) is 0 Å². The maximum atomic E-state index is 6.51. The van der Waals surface area contributed by atoms with Crippen molar-refractivity contribution in [2.24, 2.45) is 5.10 Å². The molecule has 2 aliphatic heterocycles. The Hall–Kier alpha value is -2.69. The molecule has 0 N–H and O–H groups in total. The summed E-state index contributed by atoms with van der Waals surface area (Å²) in [7, 11) is 1.66. The van der Waals surface area contributed by atoms with Crippen LogP contribution in [0.3, 0.4) is 0 Å². The lowest BCUT2D eigenvalue weighted by Crippen LogP contribution is -2.33. The molecule has 0 saturated heterocycles. The van der Waals surface area contributed by atoms with Crippen LogP contribution < -0.4 is 9.47 Å². The predicted molar refractivity (Wildman–Crippen MR) is 115 cm³/mol. The zero-order valence-electron chi connectivity index (χ0n) is 15.7. The zero-order valence-corrected chi connectivity index (χ0v) is 17.2. The molecule has 2 unspecified atom stereocenters. The number of halogens is 2. The van der Waals surface area contributed by atoms with Crippen molar-refractivity contribution in [1.29, 1.82) is 0 Å². The van der Waals surface area contributed by atoms with E-state index in [1.807, 2.05) is 59.6 Å². The number of methoxy groups -OCH3 is 1. The van der Waals surface area contributed by atoms with E-state index in [1.165, 1.54) is 0 Å². The number of hydrazone groups is 1. The summed E-state index contributed by atoms with van der Waals surface area (Å²) in [6.45, 7) is 0. The summed E-state index contributed by atoms with van der Waals surface area (Å²) in [5.41, 5.74) is 4.04. The summed E-state index contributed by atoms with van der Waals surface area (Å²) >= 11 is 12.6. The average Bonchev–Trinajstić information content (AvgIpc) is 3.19. The molecule has 5 rings (SSSR count). The Balaban J connectivity index is 1.58. The lowest BCUT2D eigenvalue weighted by atomic mass is 9.96. The van der Waals surface area contributed by atoms with E-state index >= 15 is 0 Å². The van der Waals surface area contributed by atoms with Crippen molar-refractivity contribution in [3.05, 3.63) is 93.5 Å². The minimum atomic E-state index is -0.421. The van der Waals surface area contributed by atoms with Gasteiger partial charge in [0.25, 0.3) is 0 Å². The van der Waals surface area contributed by atoms with Crippen LogP contribution >= 0.6 is 23.2 Å². The number of rotatable bonds is 3. The Morgan fingerprint density at radius 3 is 2.55 bits per heavy atom. The molecule has 0 radical (unpaired) electrons. The highest BCUT2D eigenvalue weighted by molar-refractivity contribution is 6.35. The van der Waals surface area contributed by atoms with E-state index in [0.717, 1.165) is 40.3 Å². The molecule has 2 heterocycles. The van der Waals surface area contributed by atoms with Crippen molar-refractivity contribution in [2.45, 2.75) is 18.7 Å². The molecule has 0 spiro atoms. The summed E-state index contributed by atoms with van der Waals surface area (Å²) in [5.74, 6) is 1.68. The molecule has 4 nitrogen and oxygen atoms in total. The quantitative estimate of drug-likeness (QED) is 0.498. The molecular weight excluding hydrogens is 407 g/mol. The molecule has 0 saturated carbocycles. The molecule has 6 heteroatoms. The Bertz CT molecular complexity index is 1100. The number of ether oxygens (including phenoxy) is 2. The van der Waals surface area contributed by atoms with Gasteiger partial charge >= 0.3 is 0 Å². The third kappa shape index (κ3) is 3.22. The monoisotopic (exact) mass is 424 g/mol. The van der Waals surface area contributed by atoms with Gasteiger partial charge in [-0.15, -0.1) is 0 Å². The number of para-hydroxylation sites is 1. The molecule has 2 aliphatic rings. The van der Waals surface area contributed by atoms with E-state index in [1.54, 1.807) is 13.2 Å². The van der Waals surface area contributed by atoms with Gasteiger partial charge in [-0.2, -0.15) is 5.10 Å². The molecule has 3 aromatic rings. The first-order valence-corrected chi connectivity index (χ1v) is 10.1. The van der Waals surface area contributed by atoms with Crippen molar-refractivity contribution in [1.82, 2.24) is 5.01 Å². The van der Waals surface area contributed by atoms with Gasteiger partial charge < -0.3 is 9.47 Å². The van der Waals surface area contributed by atoms with Crippen LogP contribution in [0.5, 0.6) is 11.5 Å². The van der Waals surface area contributed by atoms with E-state index < -0.39 is 6.23 Å². The molecule has 2 atom stereocenters. The molecule has 3 aromatic carbocycles. The lowest BCUT2D eigenvalue weighted by Gasteiger charge is -2.38. The zero-order chi connectivity index (χ0) is 20.0. The van der Waals surface area contributed by atoms with E-state index in [4.69, 9.17) is 37.8 Å². The van der Waals surface area contributed by atoms with Gasteiger partial charge in [-0.05, 0) is 48.0 Å². The Kier molecular flexibility index (Phi) is 4.61. The number of nitrogens with zero attached hydrogens (tertiary/aromatic N) is 2. The first-order valence-electron chi connectivity index (χ1n) is 9.35. The minimum Gasteiger partial charge on any atom is -0.497 e. The van der Waals surface area contributed by atoms with Crippen LogP contribution in [0.1, 0.15) is 35.4 Å². The standard InChI is InChI=1S/C23H18Cl2N2O2/c1-28-16-9-6-14(7-10-16)20-13-21-18-4-2-3-5-22(18)29-23(27(21)26-20)17-11-8-15(24)12-19(17)25/h2-12,21,23H,13H2,1H3. The smallest absolute Gasteiger partial charge is 0.215 e. The maximum absolute atomic E-state index is 6.51. The normalized spacial score (nSPS) is 19.8. The molecule has 0 bridgehead atoms. The highest BCUT2D eigenvalue weighted by Gasteiger charge is 2.41. The van der Waals surface area contributed by atoms with E-state index in [9.17, 15) is 0 Å². The third-order valence-electron chi connectivity index (χ3n) is 5.35. The largest absolute Gasteiger partial charge is 0.497 e. The van der Waals surface area contributed by atoms with Gasteiger partial charge in [0.05, 0.1) is 23.9 Å². The van der Waals surface area contributed by atoms with Gasteiger partial charge in [0.1, 0.15) is 11.5 Å². The first-order chi connectivity index (χ1) is 14.1. The van der Waals surface area contributed by atoms with Crippen LogP contribution in [0.15, 0.2) is 71.8 Å². The van der Waals surface area contributed by atoms with Crippen LogP contribution in [-0.4, -0.2) is 17.8 Å². The van der Waals surface area contributed by atoms with Crippen LogP contribution in [0.4, 0.5) is 0 Å². The fourth-order valence-corrected chi connectivity index (χ4v) is 4.40. The average molecular weight is 425 g/mol. The molecule has 0 aromatic heterocycles.